The van der Waals surface area contributed by atoms with Crippen molar-refractivity contribution in [3.05, 3.63) is 18.0 Å². The first kappa shape index (κ1) is 11.1. The molecule has 15 heavy (non-hydrogen) atoms. The van der Waals surface area contributed by atoms with E-state index in [1.54, 1.807) is 0 Å². The number of rotatable bonds is 3. The molecule has 0 saturated carbocycles. The van der Waals surface area contributed by atoms with E-state index in [1.807, 2.05) is 17.9 Å². The van der Waals surface area contributed by atoms with Crippen LogP contribution in [0.5, 0.6) is 0 Å². The van der Waals surface area contributed by atoms with E-state index in [2.05, 4.69) is 38.9 Å². The van der Waals surface area contributed by atoms with Gasteiger partial charge in [0.1, 0.15) is 0 Å². The third-order valence-electron chi connectivity index (χ3n) is 3.20. The number of halogens is 1. The highest BCUT2D eigenvalue weighted by Gasteiger charge is 2.26. The standard InChI is InChI=1S/C11H18BrN3/c1-9-7-15(8-11(9)12)6-4-10-3-5-13-14(10)2/h3,5,9,11H,4,6-8H2,1-2H3. The molecule has 2 unspecified atom stereocenters. The van der Waals surface area contributed by atoms with E-state index in [1.165, 1.54) is 18.8 Å². The smallest absolute Gasteiger partial charge is 0.0492 e. The molecule has 2 heterocycles. The summed E-state index contributed by atoms with van der Waals surface area (Å²) in [4.78, 5) is 3.20. The highest BCUT2D eigenvalue weighted by molar-refractivity contribution is 9.09. The molecule has 1 aliphatic heterocycles. The van der Waals surface area contributed by atoms with Crippen LogP contribution in [0.3, 0.4) is 0 Å². The molecule has 2 atom stereocenters. The van der Waals surface area contributed by atoms with E-state index in [9.17, 15) is 0 Å². The summed E-state index contributed by atoms with van der Waals surface area (Å²) in [6.07, 6.45) is 2.97. The van der Waals surface area contributed by atoms with Crippen LogP contribution in [0.25, 0.3) is 0 Å². The Morgan fingerprint density at radius 2 is 2.33 bits per heavy atom. The van der Waals surface area contributed by atoms with Crippen molar-refractivity contribution in [2.24, 2.45) is 13.0 Å². The second kappa shape index (κ2) is 4.66. The molecule has 0 aromatic carbocycles. The minimum absolute atomic E-state index is 0.670. The zero-order valence-electron chi connectivity index (χ0n) is 9.36. The number of alkyl halides is 1. The van der Waals surface area contributed by atoms with Crippen molar-refractivity contribution in [1.82, 2.24) is 14.7 Å². The topological polar surface area (TPSA) is 21.1 Å². The minimum Gasteiger partial charge on any atom is -0.302 e. The van der Waals surface area contributed by atoms with Gasteiger partial charge in [0, 0.05) is 49.8 Å². The number of hydrogen-bond donors (Lipinski definition) is 0. The van der Waals surface area contributed by atoms with E-state index >= 15 is 0 Å². The Hall–Kier alpha value is -0.350. The third kappa shape index (κ3) is 2.61. The second-order valence-corrected chi connectivity index (χ2v) is 5.63. The third-order valence-corrected chi connectivity index (χ3v) is 4.39. The Morgan fingerprint density at radius 1 is 1.53 bits per heavy atom. The summed E-state index contributed by atoms with van der Waals surface area (Å²) < 4.78 is 1.96. The van der Waals surface area contributed by atoms with Crippen LogP contribution in [-0.4, -0.2) is 39.1 Å². The average Bonchev–Trinajstić information content (AvgIpc) is 2.72. The fourth-order valence-electron chi connectivity index (χ4n) is 2.12. The molecule has 2 rings (SSSR count). The van der Waals surface area contributed by atoms with E-state index in [0.717, 1.165) is 18.9 Å². The van der Waals surface area contributed by atoms with Gasteiger partial charge in [0.05, 0.1) is 0 Å². The number of aromatic nitrogens is 2. The molecule has 1 aromatic heterocycles. The van der Waals surface area contributed by atoms with Crippen LogP contribution in [0, 0.1) is 5.92 Å². The zero-order chi connectivity index (χ0) is 10.8. The molecule has 0 bridgehead atoms. The molecule has 0 amide bonds. The second-order valence-electron chi connectivity index (χ2n) is 4.45. The molecule has 0 aliphatic carbocycles. The zero-order valence-corrected chi connectivity index (χ0v) is 10.9. The van der Waals surface area contributed by atoms with Crippen LogP contribution < -0.4 is 0 Å². The molecule has 0 spiro atoms. The fourth-order valence-corrected chi connectivity index (χ4v) is 2.70. The maximum Gasteiger partial charge on any atom is 0.0492 e. The maximum atomic E-state index is 4.18. The van der Waals surface area contributed by atoms with E-state index in [0.29, 0.717) is 4.83 Å². The summed E-state index contributed by atoms with van der Waals surface area (Å²) in [5, 5.41) is 4.18. The average molecular weight is 272 g/mol. The van der Waals surface area contributed by atoms with Gasteiger partial charge in [0.25, 0.3) is 0 Å². The summed E-state index contributed by atoms with van der Waals surface area (Å²) in [6.45, 7) is 5.85. The van der Waals surface area contributed by atoms with Crippen molar-refractivity contribution in [3.8, 4) is 0 Å². The Morgan fingerprint density at radius 3 is 2.87 bits per heavy atom. The summed E-state index contributed by atoms with van der Waals surface area (Å²) in [6, 6.07) is 2.10. The number of aryl methyl sites for hydroxylation is 1. The fraction of sp³-hybridized carbons (Fsp3) is 0.727. The van der Waals surface area contributed by atoms with E-state index in [4.69, 9.17) is 0 Å². The predicted octanol–water partition coefficient (Wildman–Crippen LogP) is 1.68. The minimum atomic E-state index is 0.670. The van der Waals surface area contributed by atoms with Crippen molar-refractivity contribution in [2.45, 2.75) is 18.2 Å². The lowest BCUT2D eigenvalue weighted by Gasteiger charge is -2.14. The molecule has 84 valence electrons. The molecule has 0 radical (unpaired) electrons. The van der Waals surface area contributed by atoms with Crippen molar-refractivity contribution in [1.29, 1.82) is 0 Å². The van der Waals surface area contributed by atoms with Crippen LogP contribution in [0.2, 0.25) is 0 Å². The van der Waals surface area contributed by atoms with Crippen molar-refractivity contribution >= 4 is 15.9 Å². The van der Waals surface area contributed by atoms with E-state index in [-0.39, 0.29) is 0 Å². The molecule has 1 saturated heterocycles. The summed E-state index contributed by atoms with van der Waals surface area (Å²) in [5.41, 5.74) is 1.32. The molecule has 1 aromatic rings. The molecular formula is C11H18BrN3. The largest absolute Gasteiger partial charge is 0.302 e. The SMILES string of the molecule is CC1CN(CCc2ccnn2C)CC1Br. The highest BCUT2D eigenvalue weighted by Crippen LogP contribution is 2.22. The lowest BCUT2D eigenvalue weighted by molar-refractivity contribution is 0.329. The lowest BCUT2D eigenvalue weighted by Crippen LogP contribution is -2.24. The van der Waals surface area contributed by atoms with Gasteiger partial charge in [-0.3, -0.25) is 4.68 Å². The van der Waals surface area contributed by atoms with Crippen molar-refractivity contribution in [2.75, 3.05) is 19.6 Å². The van der Waals surface area contributed by atoms with E-state index < -0.39 is 0 Å². The van der Waals surface area contributed by atoms with Gasteiger partial charge in [-0.25, -0.2) is 0 Å². The van der Waals surface area contributed by atoms with Gasteiger partial charge in [-0.05, 0) is 12.0 Å². The number of hydrogen-bond acceptors (Lipinski definition) is 2. The number of likely N-dealkylation sites (tertiary alicyclic amines) is 1. The Balaban J connectivity index is 1.82. The monoisotopic (exact) mass is 271 g/mol. The first-order valence-corrected chi connectivity index (χ1v) is 6.41. The quantitative estimate of drug-likeness (QED) is 0.781. The van der Waals surface area contributed by atoms with Gasteiger partial charge in [0.2, 0.25) is 0 Å². The van der Waals surface area contributed by atoms with Crippen molar-refractivity contribution in [3.63, 3.8) is 0 Å². The Bertz CT molecular complexity index is 313. The Kier molecular flexibility index (Phi) is 3.46. The van der Waals surface area contributed by atoms with Crippen LogP contribution in [0.15, 0.2) is 12.3 Å². The van der Waals surface area contributed by atoms with Gasteiger partial charge in [-0.15, -0.1) is 0 Å². The number of nitrogens with zero attached hydrogens (tertiary/aromatic N) is 3. The van der Waals surface area contributed by atoms with Gasteiger partial charge < -0.3 is 4.90 Å². The summed E-state index contributed by atoms with van der Waals surface area (Å²) >= 11 is 3.72. The van der Waals surface area contributed by atoms with Crippen LogP contribution >= 0.6 is 15.9 Å². The van der Waals surface area contributed by atoms with Gasteiger partial charge >= 0.3 is 0 Å². The van der Waals surface area contributed by atoms with Gasteiger partial charge in [-0.2, -0.15) is 5.10 Å². The molecule has 4 heteroatoms. The van der Waals surface area contributed by atoms with Gasteiger partial charge in [0.15, 0.2) is 0 Å². The summed E-state index contributed by atoms with van der Waals surface area (Å²) in [7, 11) is 2.01. The molecule has 1 aliphatic rings. The van der Waals surface area contributed by atoms with Gasteiger partial charge in [-0.1, -0.05) is 22.9 Å². The molecule has 0 N–H and O–H groups in total. The molecule has 3 nitrogen and oxygen atoms in total. The van der Waals surface area contributed by atoms with Crippen LogP contribution in [-0.2, 0) is 13.5 Å². The van der Waals surface area contributed by atoms with Crippen LogP contribution in [0.1, 0.15) is 12.6 Å². The first-order chi connectivity index (χ1) is 7.16. The van der Waals surface area contributed by atoms with Crippen LogP contribution in [0.4, 0.5) is 0 Å². The molecule has 1 fully saturated rings. The highest BCUT2D eigenvalue weighted by atomic mass is 79.9. The molecular weight excluding hydrogens is 254 g/mol. The summed E-state index contributed by atoms with van der Waals surface area (Å²) in [5.74, 6) is 0.775. The first-order valence-electron chi connectivity index (χ1n) is 5.50. The predicted molar refractivity (Wildman–Crippen MR) is 65.2 cm³/mol. The normalized spacial score (nSPS) is 27.4. The maximum absolute atomic E-state index is 4.18. The lowest BCUT2D eigenvalue weighted by atomic mass is 10.2. The Labute approximate surface area is 99.6 Å². The van der Waals surface area contributed by atoms with Crippen molar-refractivity contribution < 1.29 is 0 Å².